The van der Waals surface area contributed by atoms with Gasteiger partial charge in [-0.1, -0.05) is 35.9 Å². The maximum absolute atomic E-state index is 5.97. The van der Waals surface area contributed by atoms with Crippen molar-refractivity contribution in [2.75, 3.05) is 6.61 Å². The second-order valence-electron chi connectivity index (χ2n) is 4.19. The van der Waals surface area contributed by atoms with Crippen LogP contribution < -0.4 is 0 Å². The van der Waals surface area contributed by atoms with Crippen molar-refractivity contribution in [3.8, 4) is 11.3 Å². The lowest BCUT2D eigenvalue weighted by molar-refractivity contribution is 0.134. The number of nitrogens with zero attached hydrogens (tertiary/aromatic N) is 1. The average molecular weight is 262 g/mol. The summed E-state index contributed by atoms with van der Waals surface area (Å²) in [7, 11) is 0. The molecule has 2 nitrogen and oxygen atoms in total. The highest BCUT2D eigenvalue weighted by atomic mass is 35.5. The zero-order valence-corrected chi connectivity index (χ0v) is 11.4. The molecule has 0 aliphatic heterocycles. The van der Waals surface area contributed by atoms with Crippen LogP contribution in [0.3, 0.4) is 0 Å². The van der Waals surface area contributed by atoms with Crippen LogP contribution in [0.15, 0.2) is 36.4 Å². The first kappa shape index (κ1) is 13.1. The molecule has 3 heteroatoms. The molecule has 1 aromatic carbocycles. The zero-order valence-electron chi connectivity index (χ0n) is 10.6. The Morgan fingerprint density at radius 3 is 2.50 bits per heavy atom. The van der Waals surface area contributed by atoms with Gasteiger partial charge in [0.2, 0.25) is 0 Å². The maximum Gasteiger partial charge on any atom is 0.130 e. The second kappa shape index (κ2) is 5.98. The van der Waals surface area contributed by atoms with Gasteiger partial charge in [0.1, 0.15) is 5.15 Å². The van der Waals surface area contributed by atoms with E-state index in [4.69, 9.17) is 16.3 Å². The van der Waals surface area contributed by atoms with Gasteiger partial charge in [-0.25, -0.2) is 4.98 Å². The highest BCUT2D eigenvalue weighted by Gasteiger charge is 2.02. The Balaban J connectivity index is 2.23. The summed E-state index contributed by atoms with van der Waals surface area (Å²) in [5, 5.41) is 0.531. The van der Waals surface area contributed by atoms with E-state index in [2.05, 4.69) is 17.1 Å². The lowest BCUT2D eigenvalue weighted by atomic mass is 10.1. The van der Waals surface area contributed by atoms with Gasteiger partial charge >= 0.3 is 0 Å². The summed E-state index contributed by atoms with van der Waals surface area (Å²) in [4.78, 5) is 4.33. The average Bonchev–Trinajstić information content (AvgIpc) is 2.36. The summed E-state index contributed by atoms with van der Waals surface area (Å²) in [5.41, 5.74) is 4.26. The van der Waals surface area contributed by atoms with E-state index in [0.717, 1.165) is 23.4 Å². The minimum absolute atomic E-state index is 0.531. The van der Waals surface area contributed by atoms with E-state index in [1.165, 1.54) is 5.56 Å². The number of benzene rings is 1. The van der Waals surface area contributed by atoms with Crippen molar-refractivity contribution in [3.05, 3.63) is 52.7 Å². The molecule has 0 spiro atoms. The normalized spacial score (nSPS) is 10.6. The van der Waals surface area contributed by atoms with Crippen molar-refractivity contribution >= 4 is 11.6 Å². The molecule has 0 unspecified atom stereocenters. The van der Waals surface area contributed by atoms with E-state index < -0.39 is 0 Å². The third-order valence-electron chi connectivity index (χ3n) is 2.66. The zero-order chi connectivity index (χ0) is 13.0. The van der Waals surface area contributed by atoms with Crippen molar-refractivity contribution in [2.45, 2.75) is 20.5 Å². The van der Waals surface area contributed by atoms with Gasteiger partial charge in [-0.05, 0) is 37.1 Å². The Kier molecular flexibility index (Phi) is 4.34. The summed E-state index contributed by atoms with van der Waals surface area (Å²) < 4.78 is 5.37. The van der Waals surface area contributed by atoms with Crippen molar-refractivity contribution in [2.24, 2.45) is 0 Å². The molecule has 0 bridgehead atoms. The van der Waals surface area contributed by atoms with Crippen molar-refractivity contribution in [1.29, 1.82) is 0 Å². The fourth-order valence-corrected chi connectivity index (χ4v) is 2.03. The third-order valence-corrected chi connectivity index (χ3v) is 2.85. The van der Waals surface area contributed by atoms with Crippen molar-refractivity contribution in [1.82, 2.24) is 4.98 Å². The van der Waals surface area contributed by atoms with Crippen LogP contribution in [-0.2, 0) is 11.3 Å². The van der Waals surface area contributed by atoms with Crippen LogP contribution in [-0.4, -0.2) is 11.6 Å². The van der Waals surface area contributed by atoms with Gasteiger partial charge < -0.3 is 4.74 Å². The third kappa shape index (κ3) is 3.31. The highest BCUT2D eigenvalue weighted by Crippen LogP contribution is 2.21. The summed E-state index contributed by atoms with van der Waals surface area (Å²) in [6, 6.07) is 12.1. The van der Waals surface area contributed by atoms with Crippen LogP contribution in [0.4, 0.5) is 0 Å². The van der Waals surface area contributed by atoms with E-state index in [9.17, 15) is 0 Å². The summed E-state index contributed by atoms with van der Waals surface area (Å²) in [6.07, 6.45) is 0. The standard InChI is InChI=1S/C15H16ClNO/c1-3-18-10-12-4-6-13(7-5-12)14-8-11(2)9-15(16)17-14/h4-9H,3,10H2,1-2H3. The molecule has 18 heavy (non-hydrogen) atoms. The molecule has 0 amide bonds. The first-order valence-electron chi connectivity index (χ1n) is 6.00. The molecular weight excluding hydrogens is 246 g/mol. The molecule has 0 aliphatic carbocycles. The number of hydrogen-bond donors (Lipinski definition) is 0. The Hall–Kier alpha value is -1.38. The molecule has 0 atom stereocenters. The van der Waals surface area contributed by atoms with Gasteiger partial charge in [-0.15, -0.1) is 0 Å². The lowest BCUT2D eigenvalue weighted by Crippen LogP contribution is -1.92. The lowest BCUT2D eigenvalue weighted by Gasteiger charge is -2.05. The summed E-state index contributed by atoms with van der Waals surface area (Å²) >= 11 is 5.97. The Morgan fingerprint density at radius 2 is 1.89 bits per heavy atom. The molecule has 1 heterocycles. The van der Waals surface area contributed by atoms with Crippen LogP contribution in [0.5, 0.6) is 0 Å². The van der Waals surface area contributed by atoms with Gasteiger partial charge in [-0.2, -0.15) is 0 Å². The van der Waals surface area contributed by atoms with Crippen LogP contribution in [0.25, 0.3) is 11.3 Å². The van der Waals surface area contributed by atoms with E-state index in [-0.39, 0.29) is 0 Å². The molecule has 0 saturated carbocycles. The topological polar surface area (TPSA) is 22.1 Å². The van der Waals surface area contributed by atoms with E-state index >= 15 is 0 Å². The molecule has 0 radical (unpaired) electrons. The number of aryl methyl sites for hydroxylation is 1. The molecule has 94 valence electrons. The Morgan fingerprint density at radius 1 is 1.17 bits per heavy atom. The SMILES string of the molecule is CCOCc1ccc(-c2cc(C)cc(Cl)n2)cc1. The minimum atomic E-state index is 0.531. The highest BCUT2D eigenvalue weighted by molar-refractivity contribution is 6.29. The van der Waals surface area contributed by atoms with Gasteiger partial charge in [0, 0.05) is 12.2 Å². The number of aromatic nitrogens is 1. The predicted octanol–water partition coefficient (Wildman–Crippen LogP) is 4.25. The molecule has 0 saturated heterocycles. The fraction of sp³-hybridized carbons (Fsp3) is 0.267. The molecule has 2 rings (SSSR count). The smallest absolute Gasteiger partial charge is 0.130 e. The van der Waals surface area contributed by atoms with Crippen molar-refractivity contribution in [3.63, 3.8) is 0 Å². The number of rotatable bonds is 4. The molecular formula is C15H16ClNO. The number of pyridine rings is 1. The maximum atomic E-state index is 5.97. The van der Waals surface area contributed by atoms with E-state index in [1.54, 1.807) is 0 Å². The Labute approximate surface area is 113 Å². The number of hydrogen-bond acceptors (Lipinski definition) is 2. The quantitative estimate of drug-likeness (QED) is 0.768. The number of ether oxygens (including phenoxy) is 1. The van der Waals surface area contributed by atoms with Gasteiger partial charge in [-0.3, -0.25) is 0 Å². The van der Waals surface area contributed by atoms with Crippen LogP contribution in [0, 0.1) is 6.92 Å². The van der Waals surface area contributed by atoms with Crippen LogP contribution >= 0.6 is 11.6 Å². The first-order chi connectivity index (χ1) is 8.69. The number of halogens is 1. The van der Waals surface area contributed by atoms with Crippen LogP contribution in [0.2, 0.25) is 5.15 Å². The summed E-state index contributed by atoms with van der Waals surface area (Å²) in [6.45, 7) is 5.39. The summed E-state index contributed by atoms with van der Waals surface area (Å²) in [5.74, 6) is 0. The van der Waals surface area contributed by atoms with Crippen molar-refractivity contribution < 1.29 is 4.74 Å². The van der Waals surface area contributed by atoms with Gasteiger partial charge in [0.25, 0.3) is 0 Å². The Bertz CT molecular complexity index is 502. The largest absolute Gasteiger partial charge is 0.377 e. The molecule has 1 aromatic heterocycles. The predicted molar refractivity (Wildman–Crippen MR) is 74.8 cm³/mol. The molecule has 0 aliphatic rings. The fourth-order valence-electron chi connectivity index (χ4n) is 1.76. The molecule has 0 N–H and O–H groups in total. The molecule has 2 aromatic rings. The van der Waals surface area contributed by atoms with Gasteiger partial charge in [0.05, 0.1) is 12.3 Å². The minimum Gasteiger partial charge on any atom is -0.377 e. The molecule has 0 fully saturated rings. The van der Waals surface area contributed by atoms with E-state index in [1.807, 2.05) is 38.1 Å². The van der Waals surface area contributed by atoms with Gasteiger partial charge in [0.15, 0.2) is 0 Å². The van der Waals surface area contributed by atoms with E-state index in [0.29, 0.717) is 11.8 Å². The van der Waals surface area contributed by atoms with Crippen LogP contribution in [0.1, 0.15) is 18.1 Å². The monoisotopic (exact) mass is 261 g/mol. The second-order valence-corrected chi connectivity index (χ2v) is 4.57. The first-order valence-corrected chi connectivity index (χ1v) is 6.38.